The van der Waals surface area contributed by atoms with Crippen molar-refractivity contribution in [1.29, 1.82) is 0 Å². The molecule has 132 valence electrons. The molecule has 2 aliphatic rings. The number of allylic oxidation sites excluding steroid dienone is 8. The van der Waals surface area contributed by atoms with Crippen LogP contribution < -0.4 is 24.8 Å². The van der Waals surface area contributed by atoms with Crippen molar-refractivity contribution in [2.75, 3.05) is 0 Å². The van der Waals surface area contributed by atoms with Crippen molar-refractivity contribution in [3.05, 3.63) is 45.8 Å². The predicted octanol–water partition coefficient (Wildman–Crippen LogP) is 0.278. The number of unbranched alkanes of at least 4 members (excludes halogenated alkanes) is 2. The molecule has 0 spiro atoms. The fraction of sp³-hybridized carbons (Fsp3) is 0.600. The standard InChI is InChI=1S/C20H30Si.2ClH.Ti/c1-5-7-11-17-13-9-15-19(17)21(3,4)20-16-10-14-18(20)12-8-6-2;;;/h13-14H,5-12H2,1-4H3;2*1H;/q-2;;;+4/p-2. The van der Waals surface area contributed by atoms with Gasteiger partial charge in [-0.1, -0.05) is 65.5 Å². The molecule has 0 amide bonds. The van der Waals surface area contributed by atoms with Gasteiger partial charge < -0.3 is 24.8 Å². The zero-order valence-corrected chi connectivity index (χ0v) is 19.6. The van der Waals surface area contributed by atoms with Crippen LogP contribution in [0.4, 0.5) is 0 Å². The number of rotatable bonds is 8. The first kappa shape index (κ1) is 26.7. The first-order chi connectivity index (χ1) is 10.1. The molecule has 0 aliphatic heterocycles. The molecule has 0 aromatic carbocycles. The van der Waals surface area contributed by atoms with Crippen LogP contribution >= 0.6 is 0 Å². The van der Waals surface area contributed by atoms with Crippen molar-refractivity contribution in [2.24, 2.45) is 0 Å². The maximum absolute atomic E-state index is 3.71. The summed E-state index contributed by atoms with van der Waals surface area (Å²) < 4.78 is 0. The van der Waals surface area contributed by atoms with Gasteiger partial charge in [0.05, 0.1) is 0 Å². The Morgan fingerprint density at radius 2 is 1.21 bits per heavy atom. The van der Waals surface area contributed by atoms with Gasteiger partial charge in [-0.2, -0.15) is 12.2 Å². The molecule has 0 unspecified atom stereocenters. The van der Waals surface area contributed by atoms with E-state index in [9.17, 15) is 0 Å². The minimum Gasteiger partial charge on any atom is -1.00 e. The molecule has 24 heavy (non-hydrogen) atoms. The fourth-order valence-corrected chi connectivity index (χ4v) is 6.94. The van der Waals surface area contributed by atoms with E-state index in [1.807, 2.05) is 0 Å². The third-order valence-electron chi connectivity index (χ3n) is 4.75. The first-order valence-corrected chi connectivity index (χ1v) is 11.7. The summed E-state index contributed by atoms with van der Waals surface area (Å²) in [6, 6.07) is 0. The number of halogens is 2. The van der Waals surface area contributed by atoms with Crippen molar-refractivity contribution >= 4 is 8.07 Å². The molecule has 0 saturated heterocycles. The number of hydrogen-bond donors (Lipinski definition) is 0. The van der Waals surface area contributed by atoms with Crippen LogP contribution in [-0.2, 0) is 21.7 Å². The Labute approximate surface area is 178 Å². The second-order valence-electron chi connectivity index (χ2n) is 6.80. The Morgan fingerprint density at radius 3 is 1.54 bits per heavy atom. The Balaban J connectivity index is 0. The molecule has 0 fully saturated rings. The van der Waals surface area contributed by atoms with E-state index in [4.69, 9.17) is 0 Å². The summed E-state index contributed by atoms with van der Waals surface area (Å²) in [6.07, 6.45) is 22.0. The molecule has 0 bridgehead atoms. The molecule has 2 rings (SSSR count). The maximum Gasteiger partial charge on any atom is 4.00 e. The zero-order valence-electron chi connectivity index (χ0n) is 15.6. The third kappa shape index (κ3) is 6.32. The maximum atomic E-state index is 3.71. The SMILES string of the molecule is CCCCC1=CC[C-]=C1[Si](C)(C)C1=[C-]CC=C1CCCC.[Cl-].[Cl-].[Ti+4]. The largest absolute Gasteiger partial charge is 4.00 e. The van der Waals surface area contributed by atoms with E-state index in [1.165, 1.54) is 38.5 Å². The van der Waals surface area contributed by atoms with Crippen LogP contribution in [0, 0.1) is 12.2 Å². The van der Waals surface area contributed by atoms with Gasteiger partial charge in [-0.25, -0.2) is 21.5 Å². The number of hydrogen-bond acceptors (Lipinski definition) is 0. The van der Waals surface area contributed by atoms with E-state index >= 15 is 0 Å². The Bertz CT molecular complexity index is 458. The summed E-state index contributed by atoms with van der Waals surface area (Å²) >= 11 is 0. The van der Waals surface area contributed by atoms with Gasteiger partial charge in [0.25, 0.3) is 0 Å². The summed E-state index contributed by atoms with van der Waals surface area (Å²) in [5.74, 6) is 0. The van der Waals surface area contributed by atoms with Crippen LogP contribution in [0.25, 0.3) is 0 Å². The van der Waals surface area contributed by atoms with E-state index in [-0.39, 0.29) is 46.5 Å². The summed E-state index contributed by atoms with van der Waals surface area (Å²) in [5, 5.41) is 3.17. The van der Waals surface area contributed by atoms with E-state index < -0.39 is 8.07 Å². The van der Waals surface area contributed by atoms with Gasteiger partial charge in [-0.3, -0.25) is 12.2 Å². The molecule has 2 aliphatic carbocycles. The average molecular weight is 417 g/mol. The van der Waals surface area contributed by atoms with E-state index in [1.54, 1.807) is 21.5 Å². The molecule has 0 aromatic rings. The van der Waals surface area contributed by atoms with Crippen molar-refractivity contribution in [1.82, 2.24) is 0 Å². The van der Waals surface area contributed by atoms with Gasteiger partial charge in [-0.05, 0) is 0 Å². The molecular weight excluding hydrogens is 387 g/mol. The first-order valence-electron chi connectivity index (χ1n) is 8.72. The zero-order chi connectivity index (χ0) is 15.3. The molecule has 0 N–H and O–H groups in total. The van der Waals surface area contributed by atoms with Crippen molar-refractivity contribution in [2.45, 2.75) is 78.3 Å². The predicted molar refractivity (Wildman–Crippen MR) is 95.4 cm³/mol. The molecule has 0 atom stereocenters. The molecule has 0 radical (unpaired) electrons. The van der Waals surface area contributed by atoms with Crippen molar-refractivity contribution in [3.8, 4) is 0 Å². The van der Waals surface area contributed by atoms with E-state index in [0.717, 1.165) is 12.8 Å². The summed E-state index contributed by atoms with van der Waals surface area (Å²) in [4.78, 5) is 0. The Hall–Kier alpha value is 0.471. The van der Waals surface area contributed by atoms with Gasteiger partial charge >= 0.3 is 21.7 Å². The van der Waals surface area contributed by atoms with Crippen molar-refractivity contribution < 1.29 is 46.5 Å². The smallest absolute Gasteiger partial charge is 1.00 e. The molecular formula is C20H30Cl2SiTi. The van der Waals surface area contributed by atoms with Crippen LogP contribution in [0.3, 0.4) is 0 Å². The van der Waals surface area contributed by atoms with Crippen molar-refractivity contribution in [3.63, 3.8) is 0 Å². The average Bonchev–Trinajstić information content (AvgIpc) is 3.11. The molecule has 4 heteroatoms. The second kappa shape index (κ2) is 12.8. The molecule has 0 aromatic heterocycles. The molecule has 0 nitrogen and oxygen atoms in total. The minimum atomic E-state index is -1.59. The molecule has 0 saturated carbocycles. The molecule has 0 heterocycles. The summed E-state index contributed by atoms with van der Waals surface area (Å²) in [6.45, 7) is 9.58. The van der Waals surface area contributed by atoms with Crippen LogP contribution in [0.5, 0.6) is 0 Å². The van der Waals surface area contributed by atoms with Crippen LogP contribution in [-0.4, -0.2) is 8.07 Å². The normalized spacial score (nSPS) is 16.2. The third-order valence-corrected chi connectivity index (χ3v) is 8.24. The van der Waals surface area contributed by atoms with Gasteiger partial charge in [0.15, 0.2) is 0 Å². The minimum absolute atomic E-state index is 0. The van der Waals surface area contributed by atoms with Crippen LogP contribution in [0.2, 0.25) is 13.1 Å². The Kier molecular flexibility index (Phi) is 14.2. The summed E-state index contributed by atoms with van der Waals surface area (Å²) in [5.41, 5.74) is 3.20. The Morgan fingerprint density at radius 1 is 0.833 bits per heavy atom. The van der Waals surface area contributed by atoms with Crippen LogP contribution in [0.15, 0.2) is 33.7 Å². The second-order valence-corrected chi connectivity index (χ2v) is 11.1. The van der Waals surface area contributed by atoms with E-state index in [2.05, 4.69) is 51.2 Å². The monoisotopic (exact) mass is 416 g/mol. The van der Waals surface area contributed by atoms with E-state index in [0.29, 0.717) is 0 Å². The van der Waals surface area contributed by atoms with Gasteiger partial charge in [0, 0.05) is 8.07 Å². The van der Waals surface area contributed by atoms with Gasteiger partial charge in [0.1, 0.15) is 0 Å². The van der Waals surface area contributed by atoms with Gasteiger partial charge in [-0.15, -0.1) is 12.8 Å². The van der Waals surface area contributed by atoms with Gasteiger partial charge in [0.2, 0.25) is 0 Å². The fourth-order valence-electron chi connectivity index (χ4n) is 3.54. The topological polar surface area (TPSA) is 0 Å². The van der Waals surface area contributed by atoms with Crippen LogP contribution in [0.1, 0.15) is 65.2 Å². The summed E-state index contributed by atoms with van der Waals surface area (Å²) in [7, 11) is -1.59. The quantitative estimate of drug-likeness (QED) is 0.393.